The van der Waals surface area contributed by atoms with Crippen molar-refractivity contribution in [1.82, 2.24) is 18.7 Å². The van der Waals surface area contributed by atoms with Crippen molar-refractivity contribution in [2.24, 2.45) is 14.1 Å². The summed E-state index contributed by atoms with van der Waals surface area (Å²) in [6, 6.07) is 17.5. The summed E-state index contributed by atoms with van der Waals surface area (Å²) in [5.74, 6) is -0.192. The fraction of sp³-hybridized carbons (Fsp3) is 0.217. The number of anilines is 1. The zero-order chi connectivity index (χ0) is 22.1. The van der Waals surface area contributed by atoms with Gasteiger partial charge in [0.1, 0.15) is 6.54 Å². The van der Waals surface area contributed by atoms with E-state index < -0.39 is 11.2 Å². The Balaban J connectivity index is 1.73. The summed E-state index contributed by atoms with van der Waals surface area (Å²) in [5, 5.41) is 0. The summed E-state index contributed by atoms with van der Waals surface area (Å²) < 4.78 is 3.83. The molecular formula is C23H23N5O3. The predicted molar refractivity (Wildman–Crippen MR) is 119 cm³/mol. The molecule has 2 aromatic heterocycles. The van der Waals surface area contributed by atoms with Gasteiger partial charge in [0, 0.05) is 19.8 Å². The molecule has 0 saturated heterocycles. The van der Waals surface area contributed by atoms with E-state index in [1.165, 1.54) is 22.5 Å². The lowest BCUT2D eigenvalue weighted by molar-refractivity contribution is -0.119. The molecule has 0 fully saturated rings. The number of aryl methyl sites for hydroxylation is 2. The van der Waals surface area contributed by atoms with Crippen molar-refractivity contribution < 1.29 is 4.79 Å². The number of imidazole rings is 1. The third kappa shape index (κ3) is 3.79. The number of benzene rings is 2. The van der Waals surface area contributed by atoms with Crippen LogP contribution in [0.2, 0.25) is 0 Å². The molecule has 0 spiro atoms. The van der Waals surface area contributed by atoms with Gasteiger partial charge in [-0.05, 0) is 24.6 Å². The Labute approximate surface area is 178 Å². The fourth-order valence-electron chi connectivity index (χ4n) is 3.56. The molecule has 0 radical (unpaired) electrons. The van der Waals surface area contributed by atoms with E-state index in [4.69, 9.17) is 0 Å². The van der Waals surface area contributed by atoms with Crippen LogP contribution in [0.4, 0.5) is 5.69 Å². The number of fused-ring (bicyclic) bond motifs is 1. The Bertz CT molecular complexity index is 1360. The van der Waals surface area contributed by atoms with Crippen LogP contribution in [0.5, 0.6) is 0 Å². The van der Waals surface area contributed by atoms with Crippen molar-refractivity contribution in [3.05, 3.63) is 92.9 Å². The van der Waals surface area contributed by atoms with Gasteiger partial charge in [0.25, 0.3) is 5.56 Å². The molecule has 0 aliphatic rings. The highest BCUT2D eigenvalue weighted by Gasteiger charge is 2.20. The molecule has 2 heterocycles. The molecule has 0 N–H and O–H groups in total. The van der Waals surface area contributed by atoms with Crippen LogP contribution in [0.3, 0.4) is 0 Å². The molecule has 0 atom stereocenters. The zero-order valence-electron chi connectivity index (χ0n) is 17.6. The largest absolute Gasteiger partial charge is 0.332 e. The first kappa shape index (κ1) is 20.3. The third-order valence-electron chi connectivity index (χ3n) is 5.35. The maximum Gasteiger partial charge on any atom is 0.332 e. The molecule has 4 rings (SSSR count). The van der Waals surface area contributed by atoms with Crippen molar-refractivity contribution in [1.29, 1.82) is 0 Å². The molecule has 31 heavy (non-hydrogen) atoms. The van der Waals surface area contributed by atoms with Crippen molar-refractivity contribution in [2.45, 2.75) is 20.0 Å². The van der Waals surface area contributed by atoms with Gasteiger partial charge in [-0.3, -0.25) is 18.7 Å². The Kier molecular flexibility index (Phi) is 5.29. The van der Waals surface area contributed by atoms with E-state index in [0.29, 0.717) is 6.54 Å². The lowest BCUT2D eigenvalue weighted by atomic mass is 10.1. The average molecular weight is 417 g/mol. The molecule has 158 valence electrons. The second-order valence-electron chi connectivity index (χ2n) is 7.55. The standard InChI is InChI=1S/C23H23N5O3/c1-16-9-11-18(12-10-16)28(13-17-7-5-4-6-8-17)19(29)14-27-15-24-21-20(27)22(30)26(3)23(31)25(21)2/h4-12,15H,13-14H2,1-3H3. The number of rotatable bonds is 5. The Morgan fingerprint density at radius 3 is 2.32 bits per heavy atom. The number of hydrogen-bond donors (Lipinski definition) is 0. The van der Waals surface area contributed by atoms with Crippen LogP contribution in [0.15, 0.2) is 70.5 Å². The number of aromatic nitrogens is 4. The van der Waals surface area contributed by atoms with Gasteiger partial charge in [-0.25, -0.2) is 9.78 Å². The Morgan fingerprint density at radius 1 is 0.968 bits per heavy atom. The van der Waals surface area contributed by atoms with Gasteiger partial charge in [0.2, 0.25) is 5.91 Å². The quantitative estimate of drug-likeness (QED) is 0.497. The summed E-state index contributed by atoms with van der Waals surface area (Å²) in [4.78, 5) is 44.1. The minimum atomic E-state index is -0.478. The van der Waals surface area contributed by atoms with Crippen LogP contribution in [0.1, 0.15) is 11.1 Å². The minimum absolute atomic E-state index is 0.0787. The summed E-state index contributed by atoms with van der Waals surface area (Å²) in [6.07, 6.45) is 1.43. The molecule has 0 unspecified atom stereocenters. The van der Waals surface area contributed by atoms with Gasteiger partial charge >= 0.3 is 5.69 Å². The second kappa shape index (κ2) is 8.06. The van der Waals surface area contributed by atoms with Crippen LogP contribution in [0.25, 0.3) is 11.2 Å². The van der Waals surface area contributed by atoms with Crippen LogP contribution in [-0.2, 0) is 32.0 Å². The second-order valence-corrected chi connectivity index (χ2v) is 7.55. The van der Waals surface area contributed by atoms with Gasteiger partial charge in [-0.15, -0.1) is 0 Å². The molecule has 0 aliphatic carbocycles. The molecular weight excluding hydrogens is 394 g/mol. The first-order valence-corrected chi connectivity index (χ1v) is 9.88. The molecule has 2 aromatic carbocycles. The van der Waals surface area contributed by atoms with Crippen molar-refractivity contribution in [2.75, 3.05) is 4.90 Å². The number of nitrogens with zero attached hydrogens (tertiary/aromatic N) is 5. The van der Waals surface area contributed by atoms with E-state index in [2.05, 4.69) is 4.98 Å². The van der Waals surface area contributed by atoms with Gasteiger partial charge in [-0.1, -0.05) is 48.0 Å². The van der Waals surface area contributed by atoms with E-state index >= 15 is 0 Å². The Morgan fingerprint density at radius 2 is 1.65 bits per heavy atom. The van der Waals surface area contributed by atoms with Gasteiger partial charge in [0.15, 0.2) is 11.2 Å². The van der Waals surface area contributed by atoms with E-state index in [-0.39, 0.29) is 23.6 Å². The summed E-state index contributed by atoms with van der Waals surface area (Å²) in [5.41, 5.74) is 2.40. The number of hydrogen-bond acceptors (Lipinski definition) is 4. The third-order valence-corrected chi connectivity index (χ3v) is 5.35. The normalized spacial score (nSPS) is 11.1. The zero-order valence-corrected chi connectivity index (χ0v) is 17.6. The van der Waals surface area contributed by atoms with Crippen LogP contribution < -0.4 is 16.1 Å². The highest BCUT2D eigenvalue weighted by molar-refractivity contribution is 5.93. The highest BCUT2D eigenvalue weighted by atomic mass is 16.2. The first-order valence-electron chi connectivity index (χ1n) is 9.88. The maximum atomic E-state index is 13.4. The highest BCUT2D eigenvalue weighted by Crippen LogP contribution is 2.19. The lowest BCUT2D eigenvalue weighted by Crippen LogP contribution is -2.38. The molecule has 8 nitrogen and oxygen atoms in total. The van der Waals surface area contributed by atoms with Crippen molar-refractivity contribution >= 4 is 22.8 Å². The van der Waals surface area contributed by atoms with Gasteiger partial charge < -0.3 is 9.47 Å². The monoisotopic (exact) mass is 417 g/mol. The smallest absolute Gasteiger partial charge is 0.315 e. The van der Waals surface area contributed by atoms with E-state index in [0.717, 1.165) is 21.4 Å². The predicted octanol–water partition coefficient (Wildman–Crippen LogP) is 1.98. The molecule has 0 bridgehead atoms. The lowest BCUT2D eigenvalue weighted by Gasteiger charge is -2.23. The van der Waals surface area contributed by atoms with E-state index in [1.54, 1.807) is 11.9 Å². The molecule has 4 aromatic rings. The average Bonchev–Trinajstić information content (AvgIpc) is 3.19. The molecule has 8 heteroatoms. The van der Waals surface area contributed by atoms with E-state index in [1.807, 2.05) is 61.5 Å². The van der Waals surface area contributed by atoms with Gasteiger partial charge in [0.05, 0.1) is 12.9 Å². The first-order chi connectivity index (χ1) is 14.9. The number of carbonyl (C=O) groups excluding carboxylic acids is 1. The summed E-state index contributed by atoms with van der Waals surface area (Å²) in [7, 11) is 2.97. The van der Waals surface area contributed by atoms with Gasteiger partial charge in [-0.2, -0.15) is 0 Å². The summed E-state index contributed by atoms with van der Waals surface area (Å²) in [6.45, 7) is 2.31. The Hall–Kier alpha value is -3.94. The summed E-state index contributed by atoms with van der Waals surface area (Å²) >= 11 is 0. The van der Waals surface area contributed by atoms with Crippen LogP contribution in [-0.4, -0.2) is 24.6 Å². The number of amides is 1. The van der Waals surface area contributed by atoms with Crippen molar-refractivity contribution in [3.63, 3.8) is 0 Å². The SMILES string of the molecule is Cc1ccc(N(Cc2ccccc2)C(=O)Cn2cnc3c2c(=O)n(C)c(=O)n3C)cc1. The van der Waals surface area contributed by atoms with Crippen molar-refractivity contribution in [3.8, 4) is 0 Å². The topological polar surface area (TPSA) is 82.1 Å². The number of carbonyl (C=O) groups is 1. The molecule has 0 aliphatic heterocycles. The maximum absolute atomic E-state index is 13.4. The minimum Gasteiger partial charge on any atom is -0.315 e. The fourth-order valence-corrected chi connectivity index (χ4v) is 3.56. The molecule has 0 saturated carbocycles. The van der Waals surface area contributed by atoms with Crippen LogP contribution in [0, 0.1) is 6.92 Å². The van der Waals surface area contributed by atoms with Crippen LogP contribution >= 0.6 is 0 Å². The van der Waals surface area contributed by atoms with E-state index in [9.17, 15) is 14.4 Å². The molecule has 1 amide bonds.